The fourth-order valence-corrected chi connectivity index (χ4v) is 3.14. The quantitative estimate of drug-likeness (QED) is 0.537. The smallest absolute Gasteiger partial charge is 0.304 e. The molecule has 0 unspecified atom stereocenters. The van der Waals surface area contributed by atoms with Gasteiger partial charge in [0.2, 0.25) is 0 Å². The van der Waals surface area contributed by atoms with Crippen LogP contribution < -0.4 is 5.56 Å². The summed E-state index contributed by atoms with van der Waals surface area (Å²) in [7, 11) is 0. The fraction of sp³-hybridized carbons (Fsp3) is 0.0417. The molecule has 4 rings (SSSR count). The molecule has 5 heteroatoms. The second-order valence-electron chi connectivity index (χ2n) is 6.65. The summed E-state index contributed by atoms with van der Waals surface area (Å²) in [5.74, 6) is 0. The number of hydrogen-bond donors (Lipinski definition) is 1. The molecule has 0 amide bonds. The highest BCUT2D eigenvalue weighted by atomic mass is 16.5. The van der Waals surface area contributed by atoms with Gasteiger partial charge >= 0.3 is 5.56 Å². The minimum atomic E-state index is -0.547. The molecule has 0 spiro atoms. The van der Waals surface area contributed by atoms with Crippen LogP contribution in [0.3, 0.4) is 0 Å². The van der Waals surface area contributed by atoms with Crippen molar-refractivity contribution < 1.29 is 5.21 Å². The van der Waals surface area contributed by atoms with Crippen molar-refractivity contribution in [1.82, 2.24) is 9.71 Å². The molecule has 4 aromatic rings. The highest BCUT2D eigenvalue weighted by Crippen LogP contribution is 2.21. The van der Waals surface area contributed by atoms with Gasteiger partial charge in [-0.2, -0.15) is 9.99 Å². The molecule has 29 heavy (non-hydrogen) atoms. The molecule has 0 fully saturated rings. The van der Waals surface area contributed by atoms with E-state index in [9.17, 15) is 10.0 Å². The minimum Gasteiger partial charge on any atom is -0.425 e. The summed E-state index contributed by atoms with van der Waals surface area (Å²) in [5, 5.41) is 19.0. The summed E-state index contributed by atoms with van der Waals surface area (Å²) < 4.78 is 0.564. The molecule has 0 aliphatic carbocycles. The first-order valence-corrected chi connectivity index (χ1v) is 9.11. The molecule has 1 N–H and O–H groups in total. The maximum Gasteiger partial charge on any atom is 0.304 e. The Morgan fingerprint density at radius 2 is 1.48 bits per heavy atom. The minimum absolute atomic E-state index is 0.252. The monoisotopic (exact) mass is 379 g/mol. The maximum absolute atomic E-state index is 12.4. The first-order valence-electron chi connectivity index (χ1n) is 9.11. The van der Waals surface area contributed by atoms with Crippen LogP contribution in [0.4, 0.5) is 0 Å². The Hall–Kier alpha value is -4.17. The Labute approximate surface area is 167 Å². The van der Waals surface area contributed by atoms with Gasteiger partial charge in [0.1, 0.15) is 5.69 Å². The van der Waals surface area contributed by atoms with Crippen molar-refractivity contribution in [2.24, 2.45) is 0 Å². The van der Waals surface area contributed by atoms with Crippen LogP contribution in [0.25, 0.3) is 22.4 Å². The molecule has 0 radical (unpaired) electrons. The third kappa shape index (κ3) is 3.92. The van der Waals surface area contributed by atoms with E-state index in [1.54, 1.807) is 24.3 Å². The van der Waals surface area contributed by atoms with Gasteiger partial charge in [-0.05, 0) is 28.8 Å². The molecule has 3 aromatic carbocycles. The number of nitrogens with zero attached hydrogens (tertiary/aromatic N) is 3. The first kappa shape index (κ1) is 18.2. The van der Waals surface area contributed by atoms with Crippen LogP contribution in [0.15, 0.2) is 89.9 Å². The topological polar surface area (TPSA) is 78.9 Å². The van der Waals surface area contributed by atoms with Gasteiger partial charge in [0.25, 0.3) is 0 Å². The lowest BCUT2D eigenvalue weighted by Gasteiger charge is -2.08. The summed E-state index contributed by atoms with van der Waals surface area (Å²) in [6.45, 7) is 0. The van der Waals surface area contributed by atoms with Crippen LogP contribution in [0.5, 0.6) is 0 Å². The molecule has 0 saturated heterocycles. The molecule has 0 atom stereocenters. The van der Waals surface area contributed by atoms with Crippen LogP contribution in [0, 0.1) is 11.3 Å². The van der Waals surface area contributed by atoms with E-state index in [0.29, 0.717) is 28.0 Å². The zero-order valence-corrected chi connectivity index (χ0v) is 15.5. The zero-order valence-electron chi connectivity index (χ0n) is 15.5. The van der Waals surface area contributed by atoms with Crippen molar-refractivity contribution in [2.75, 3.05) is 0 Å². The molecule has 0 aliphatic rings. The van der Waals surface area contributed by atoms with Crippen LogP contribution in [-0.2, 0) is 6.42 Å². The number of rotatable bonds is 4. The molecular weight excluding hydrogens is 362 g/mol. The van der Waals surface area contributed by atoms with E-state index in [4.69, 9.17) is 5.26 Å². The van der Waals surface area contributed by atoms with Crippen LogP contribution in [0.1, 0.15) is 16.8 Å². The Balaban J connectivity index is 1.64. The van der Waals surface area contributed by atoms with Gasteiger partial charge in [0, 0.05) is 12.0 Å². The molecule has 1 heterocycles. The van der Waals surface area contributed by atoms with Gasteiger partial charge in [0.05, 0.1) is 23.5 Å². The van der Waals surface area contributed by atoms with Crippen molar-refractivity contribution in [3.05, 3.63) is 112 Å². The zero-order chi connectivity index (χ0) is 20.2. The molecule has 0 bridgehead atoms. The number of aromatic nitrogens is 2. The lowest BCUT2D eigenvalue weighted by Crippen LogP contribution is -2.24. The first-order chi connectivity index (χ1) is 14.1. The lowest BCUT2D eigenvalue weighted by atomic mass is 10.0. The van der Waals surface area contributed by atoms with Crippen LogP contribution in [0.2, 0.25) is 0 Å². The highest BCUT2D eigenvalue weighted by molar-refractivity contribution is 5.63. The standard InChI is InChI=1S/C24H17N3O2/c25-15-18-8-12-21(13-9-18)23-16-27(29)24(28)22(26-23)14-17-6-10-20(11-7-17)19-4-2-1-3-5-19/h1-13,16,29H,14H2. The molecule has 0 saturated carbocycles. The van der Waals surface area contributed by atoms with Crippen molar-refractivity contribution in [3.8, 4) is 28.5 Å². The number of hydrogen-bond acceptors (Lipinski definition) is 4. The van der Waals surface area contributed by atoms with E-state index in [0.717, 1.165) is 16.7 Å². The summed E-state index contributed by atoms with van der Waals surface area (Å²) in [4.78, 5) is 16.8. The van der Waals surface area contributed by atoms with Crippen molar-refractivity contribution in [2.45, 2.75) is 6.42 Å². The predicted molar refractivity (Wildman–Crippen MR) is 111 cm³/mol. The van der Waals surface area contributed by atoms with E-state index in [1.165, 1.54) is 6.20 Å². The Kier molecular flexibility index (Phi) is 4.91. The fourth-order valence-electron chi connectivity index (χ4n) is 3.14. The van der Waals surface area contributed by atoms with Crippen LogP contribution >= 0.6 is 0 Å². The van der Waals surface area contributed by atoms with Gasteiger partial charge in [-0.1, -0.05) is 66.7 Å². The second kappa shape index (κ2) is 7.83. The Morgan fingerprint density at radius 1 is 0.862 bits per heavy atom. The predicted octanol–water partition coefficient (Wildman–Crippen LogP) is 4.28. The normalized spacial score (nSPS) is 10.4. The van der Waals surface area contributed by atoms with Gasteiger partial charge in [0.15, 0.2) is 0 Å². The van der Waals surface area contributed by atoms with Gasteiger partial charge in [-0.25, -0.2) is 4.98 Å². The largest absolute Gasteiger partial charge is 0.425 e. The average molecular weight is 379 g/mol. The average Bonchev–Trinajstić information content (AvgIpc) is 2.78. The number of nitriles is 1. The summed E-state index contributed by atoms with van der Waals surface area (Å²) in [6.07, 6.45) is 1.59. The van der Waals surface area contributed by atoms with E-state index in [2.05, 4.69) is 11.1 Å². The van der Waals surface area contributed by atoms with Crippen molar-refractivity contribution >= 4 is 0 Å². The van der Waals surface area contributed by atoms with E-state index < -0.39 is 5.56 Å². The summed E-state index contributed by atoms with van der Waals surface area (Å²) in [6, 6.07) is 26.9. The second-order valence-corrected chi connectivity index (χ2v) is 6.65. The molecular formula is C24H17N3O2. The van der Waals surface area contributed by atoms with E-state index >= 15 is 0 Å². The highest BCUT2D eigenvalue weighted by Gasteiger charge is 2.11. The maximum atomic E-state index is 12.4. The Bertz CT molecular complexity index is 1240. The third-order valence-corrected chi connectivity index (χ3v) is 4.70. The molecule has 140 valence electrons. The van der Waals surface area contributed by atoms with E-state index in [1.807, 2.05) is 54.6 Å². The lowest BCUT2D eigenvalue weighted by molar-refractivity contribution is 0.173. The summed E-state index contributed by atoms with van der Waals surface area (Å²) in [5.41, 5.74) is 4.55. The van der Waals surface area contributed by atoms with Crippen LogP contribution in [-0.4, -0.2) is 14.9 Å². The van der Waals surface area contributed by atoms with Crippen molar-refractivity contribution in [1.29, 1.82) is 5.26 Å². The van der Waals surface area contributed by atoms with Gasteiger partial charge in [-0.3, -0.25) is 4.79 Å². The Morgan fingerprint density at radius 3 is 2.14 bits per heavy atom. The van der Waals surface area contributed by atoms with E-state index in [-0.39, 0.29) is 5.69 Å². The van der Waals surface area contributed by atoms with Crippen molar-refractivity contribution in [3.63, 3.8) is 0 Å². The van der Waals surface area contributed by atoms with Gasteiger partial charge < -0.3 is 5.21 Å². The third-order valence-electron chi connectivity index (χ3n) is 4.70. The van der Waals surface area contributed by atoms with Gasteiger partial charge in [-0.15, -0.1) is 0 Å². The molecule has 0 aliphatic heterocycles. The number of benzene rings is 3. The summed E-state index contributed by atoms with van der Waals surface area (Å²) >= 11 is 0. The SMILES string of the molecule is N#Cc1ccc(-c2cn(O)c(=O)c(Cc3ccc(-c4ccccc4)cc3)n2)cc1. The molecule has 1 aromatic heterocycles. The molecule has 5 nitrogen and oxygen atoms in total.